The number of carbonyl (C=O) groups excluding carboxylic acids is 2. The minimum atomic E-state index is -0.319. The third kappa shape index (κ3) is 3.51. The van der Waals surface area contributed by atoms with Crippen LogP contribution in [0.5, 0.6) is 0 Å². The van der Waals surface area contributed by atoms with E-state index in [1.807, 2.05) is 24.3 Å². The van der Waals surface area contributed by atoms with E-state index in [4.69, 9.17) is 4.74 Å². The molecule has 5 heteroatoms. The number of hydrogen-bond donors (Lipinski definition) is 1. The molecule has 0 unspecified atom stereocenters. The molecule has 2 rings (SSSR count). The van der Waals surface area contributed by atoms with E-state index in [2.05, 4.69) is 10.3 Å². The van der Waals surface area contributed by atoms with Gasteiger partial charge in [0.25, 0.3) is 0 Å². The number of fused-ring (bicyclic) bond motifs is 1. The fourth-order valence-corrected chi connectivity index (χ4v) is 1.69. The van der Waals surface area contributed by atoms with Gasteiger partial charge in [0.1, 0.15) is 12.4 Å². The van der Waals surface area contributed by atoms with Gasteiger partial charge in [0, 0.05) is 19.2 Å². The minimum Gasteiger partial charge on any atom is -0.461 e. The summed E-state index contributed by atoms with van der Waals surface area (Å²) in [5, 5.41) is 3.59. The van der Waals surface area contributed by atoms with Gasteiger partial charge in [-0.25, -0.2) is 4.98 Å². The lowest BCUT2D eigenvalue weighted by molar-refractivity contribution is -0.142. The lowest BCUT2D eigenvalue weighted by Crippen LogP contribution is -2.07. The highest BCUT2D eigenvalue weighted by Gasteiger charge is 2.02. The molecule has 5 nitrogen and oxygen atoms in total. The summed E-state index contributed by atoms with van der Waals surface area (Å²) in [6.45, 7) is 3.02. The van der Waals surface area contributed by atoms with E-state index in [-0.39, 0.29) is 18.5 Å². The Labute approximate surface area is 110 Å². The normalized spacial score (nSPS) is 10.2. The molecule has 19 heavy (non-hydrogen) atoms. The van der Waals surface area contributed by atoms with Crippen molar-refractivity contribution in [2.45, 2.75) is 20.5 Å². The SMILES string of the molecule is CC(=O)Nc1ccc2ccc(COC(C)=O)cc2n1. The fourth-order valence-electron chi connectivity index (χ4n) is 1.69. The van der Waals surface area contributed by atoms with Crippen molar-refractivity contribution in [3.05, 3.63) is 35.9 Å². The number of nitrogens with one attached hydrogen (secondary N) is 1. The Hall–Kier alpha value is -2.43. The Morgan fingerprint density at radius 1 is 1.21 bits per heavy atom. The molecule has 0 saturated carbocycles. The highest BCUT2D eigenvalue weighted by molar-refractivity contribution is 5.89. The largest absolute Gasteiger partial charge is 0.461 e. The van der Waals surface area contributed by atoms with Crippen molar-refractivity contribution in [3.8, 4) is 0 Å². The molecule has 0 aliphatic rings. The maximum atomic E-state index is 11.0. The summed E-state index contributed by atoms with van der Waals surface area (Å²) in [4.78, 5) is 26.1. The van der Waals surface area contributed by atoms with Crippen molar-refractivity contribution in [2.75, 3.05) is 5.32 Å². The van der Waals surface area contributed by atoms with Gasteiger partial charge in [0.05, 0.1) is 5.52 Å². The standard InChI is InChI=1S/C14H14N2O3/c1-9(17)15-14-6-5-12-4-3-11(7-13(12)16-14)8-19-10(2)18/h3-7H,8H2,1-2H3,(H,15,16,17). The van der Waals surface area contributed by atoms with Crippen LogP contribution in [0.15, 0.2) is 30.3 Å². The number of pyridine rings is 1. The molecule has 0 bridgehead atoms. The van der Waals surface area contributed by atoms with Gasteiger partial charge in [0.15, 0.2) is 0 Å². The molecule has 1 aromatic heterocycles. The minimum absolute atomic E-state index is 0.164. The fraction of sp³-hybridized carbons (Fsp3) is 0.214. The number of carbonyl (C=O) groups is 2. The number of nitrogens with zero attached hydrogens (tertiary/aromatic N) is 1. The van der Waals surface area contributed by atoms with Crippen molar-refractivity contribution >= 4 is 28.6 Å². The van der Waals surface area contributed by atoms with Gasteiger partial charge in [-0.3, -0.25) is 9.59 Å². The molecule has 1 aromatic carbocycles. The van der Waals surface area contributed by atoms with Crippen molar-refractivity contribution in [3.63, 3.8) is 0 Å². The van der Waals surface area contributed by atoms with Crippen LogP contribution in [0.3, 0.4) is 0 Å². The van der Waals surface area contributed by atoms with Crippen LogP contribution in [0, 0.1) is 0 Å². The number of benzene rings is 1. The summed E-state index contributed by atoms with van der Waals surface area (Å²) < 4.78 is 4.94. The van der Waals surface area contributed by atoms with Crippen LogP contribution in [0.25, 0.3) is 10.9 Å². The number of rotatable bonds is 3. The number of hydrogen-bond acceptors (Lipinski definition) is 4. The predicted molar refractivity (Wildman–Crippen MR) is 71.5 cm³/mol. The smallest absolute Gasteiger partial charge is 0.302 e. The van der Waals surface area contributed by atoms with E-state index in [9.17, 15) is 9.59 Å². The van der Waals surface area contributed by atoms with E-state index >= 15 is 0 Å². The second kappa shape index (κ2) is 5.48. The van der Waals surface area contributed by atoms with E-state index in [0.29, 0.717) is 5.82 Å². The molecule has 1 N–H and O–H groups in total. The highest BCUT2D eigenvalue weighted by Crippen LogP contribution is 2.17. The number of amides is 1. The van der Waals surface area contributed by atoms with Crippen LogP contribution < -0.4 is 5.32 Å². The maximum Gasteiger partial charge on any atom is 0.302 e. The van der Waals surface area contributed by atoms with Crippen LogP contribution in [0.1, 0.15) is 19.4 Å². The quantitative estimate of drug-likeness (QED) is 0.857. The summed E-state index contributed by atoms with van der Waals surface area (Å²) >= 11 is 0. The lowest BCUT2D eigenvalue weighted by Gasteiger charge is -2.06. The zero-order valence-electron chi connectivity index (χ0n) is 10.8. The molecule has 0 fully saturated rings. The molecule has 98 valence electrons. The van der Waals surface area contributed by atoms with Crippen molar-refractivity contribution in [1.82, 2.24) is 4.98 Å². The molecule has 0 saturated heterocycles. The molecule has 1 heterocycles. The van der Waals surface area contributed by atoms with Crippen molar-refractivity contribution in [2.24, 2.45) is 0 Å². The second-order valence-electron chi connectivity index (χ2n) is 4.18. The van der Waals surface area contributed by atoms with Gasteiger partial charge in [-0.2, -0.15) is 0 Å². The Bertz CT molecular complexity index is 638. The first kappa shape index (κ1) is 13.0. The Kier molecular flexibility index (Phi) is 3.75. The summed E-state index contributed by atoms with van der Waals surface area (Å²) in [7, 11) is 0. The Morgan fingerprint density at radius 2 is 1.95 bits per heavy atom. The average molecular weight is 258 g/mol. The monoisotopic (exact) mass is 258 g/mol. The molecule has 0 radical (unpaired) electrons. The van der Waals surface area contributed by atoms with Crippen LogP contribution in [-0.2, 0) is 20.9 Å². The van der Waals surface area contributed by atoms with E-state index in [1.165, 1.54) is 13.8 Å². The topological polar surface area (TPSA) is 68.3 Å². The third-order valence-corrected chi connectivity index (χ3v) is 2.50. The molecule has 1 amide bonds. The van der Waals surface area contributed by atoms with Gasteiger partial charge in [-0.05, 0) is 23.8 Å². The number of ether oxygens (including phenoxy) is 1. The molecular formula is C14H14N2O3. The Balaban J connectivity index is 2.28. The van der Waals surface area contributed by atoms with E-state index in [1.54, 1.807) is 6.07 Å². The molecular weight excluding hydrogens is 244 g/mol. The molecule has 0 aliphatic carbocycles. The van der Waals surface area contributed by atoms with E-state index < -0.39 is 0 Å². The third-order valence-electron chi connectivity index (χ3n) is 2.50. The zero-order chi connectivity index (χ0) is 13.8. The molecule has 0 aliphatic heterocycles. The molecule has 0 spiro atoms. The number of aromatic nitrogens is 1. The van der Waals surface area contributed by atoms with Gasteiger partial charge in [-0.1, -0.05) is 12.1 Å². The average Bonchev–Trinajstić information content (AvgIpc) is 2.35. The van der Waals surface area contributed by atoms with Crippen molar-refractivity contribution in [1.29, 1.82) is 0 Å². The first-order chi connectivity index (χ1) is 9.04. The Morgan fingerprint density at radius 3 is 2.63 bits per heavy atom. The predicted octanol–water partition coefficient (Wildman–Crippen LogP) is 2.26. The van der Waals surface area contributed by atoms with Crippen LogP contribution >= 0.6 is 0 Å². The first-order valence-electron chi connectivity index (χ1n) is 5.85. The van der Waals surface area contributed by atoms with Crippen LogP contribution in [-0.4, -0.2) is 16.9 Å². The summed E-state index contributed by atoms with van der Waals surface area (Å²) in [6.07, 6.45) is 0. The van der Waals surface area contributed by atoms with Gasteiger partial charge >= 0.3 is 5.97 Å². The van der Waals surface area contributed by atoms with Crippen molar-refractivity contribution < 1.29 is 14.3 Å². The summed E-state index contributed by atoms with van der Waals surface area (Å²) in [6, 6.07) is 9.24. The van der Waals surface area contributed by atoms with Gasteiger partial charge in [0.2, 0.25) is 5.91 Å². The number of esters is 1. The van der Waals surface area contributed by atoms with Gasteiger partial charge in [-0.15, -0.1) is 0 Å². The number of anilines is 1. The summed E-state index contributed by atoms with van der Waals surface area (Å²) in [5.74, 6) is 0.0209. The van der Waals surface area contributed by atoms with Crippen LogP contribution in [0.2, 0.25) is 0 Å². The highest BCUT2D eigenvalue weighted by atomic mass is 16.5. The van der Waals surface area contributed by atoms with Gasteiger partial charge < -0.3 is 10.1 Å². The molecule has 2 aromatic rings. The van der Waals surface area contributed by atoms with E-state index in [0.717, 1.165) is 16.5 Å². The van der Waals surface area contributed by atoms with Crippen LogP contribution in [0.4, 0.5) is 5.82 Å². The zero-order valence-corrected chi connectivity index (χ0v) is 10.8. The summed E-state index contributed by atoms with van der Waals surface area (Å²) in [5.41, 5.74) is 1.60. The lowest BCUT2D eigenvalue weighted by atomic mass is 10.1. The first-order valence-corrected chi connectivity index (χ1v) is 5.85. The maximum absolute atomic E-state index is 11.0. The second-order valence-corrected chi connectivity index (χ2v) is 4.18. The molecule has 0 atom stereocenters.